The van der Waals surface area contributed by atoms with Crippen molar-refractivity contribution in [2.75, 3.05) is 6.54 Å². The van der Waals surface area contributed by atoms with E-state index in [0.717, 1.165) is 0 Å². The summed E-state index contributed by atoms with van der Waals surface area (Å²) in [7, 11) is 0. The molecule has 0 aromatic rings. The normalized spacial score (nSPS) is 20.5. The average molecular weight is 608 g/mol. The number of hydrogen-bond donors (Lipinski definition) is 11. The van der Waals surface area contributed by atoms with Crippen molar-refractivity contribution < 1.29 is 55.9 Å². The summed E-state index contributed by atoms with van der Waals surface area (Å²) in [6.07, 6.45) is -2.52. The molecule has 0 spiro atoms. The van der Waals surface area contributed by atoms with Gasteiger partial charge in [0.15, 0.2) is 0 Å². The van der Waals surface area contributed by atoms with E-state index in [4.69, 9.17) is 5.73 Å². The predicted octanol–water partition coefficient (Wildman–Crippen LogP) is -0.817. The van der Waals surface area contributed by atoms with E-state index >= 15 is 0 Å². The third kappa shape index (κ3) is 21.4. The molecule has 42 heavy (non-hydrogen) atoms. The van der Waals surface area contributed by atoms with E-state index in [1.165, 1.54) is 25.2 Å². The molecule has 12 heteroatoms. The highest BCUT2D eigenvalue weighted by Gasteiger charge is 2.23. The van der Waals surface area contributed by atoms with Gasteiger partial charge in [-0.1, -0.05) is 31.2 Å². The van der Waals surface area contributed by atoms with Gasteiger partial charge in [0.25, 0.3) is 0 Å². The minimum absolute atomic E-state index is 0.0458. The Morgan fingerprint density at radius 3 is 1.45 bits per heavy atom. The highest BCUT2D eigenvalue weighted by molar-refractivity contribution is 5.81. The van der Waals surface area contributed by atoms with E-state index in [1.54, 1.807) is 13.0 Å². The number of aliphatic hydroxyl groups is 10. The Balaban J connectivity index is 4.28. The third-order valence-corrected chi connectivity index (χ3v) is 7.15. The van der Waals surface area contributed by atoms with Gasteiger partial charge in [0.2, 0.25) is 0 Å². The number of aliphatic hydroxyl groups excluding tert-OH is 10. The van der Waals surface area contributed by atoms with Crippen molar-refractivity contribution in [1.82, 2.24) is 0 Å². The topological polar surface area (TPSA) is 245 Å². The second-order valence-corrected chi connectivity index (χ2v) is 11.6. The minimum atomic E-state index is -1.11. The Morgan fingerprint density at radius 1 is 0.595 bits per heavy atom. The SMILES string of the molecule is CC(O)C(C)C(=O)CC(O)CC(O)CC(O)C=CCC(O)CC(O)CC(O)CC(O)C=CCC(O)CC(O)CCCN. The van der Waals surface area contributed by atoms with Crippen LogP contribution < -0.4 is 5.73 Å². The quantitative estimate of drug-likeness (QED) is 0.0570. The van der Waals surface area contributed by atoms with E-state index < -0.39 is 67.0 Å². The Bertz CT molecular complexity index is 751. The largest absolute Gasteiger partial charge is 0.393 e. The predicted molar refractivity (Wildman–Crippen MR) is 158 cm³/mol. The van der Waals surface area contributed by atoms with E-state index in [9.17, 15) is 55.9 Å². The van der Waals surface area contributed by atoms with E-state index in [1.807, 2.05) is 0 Å². The van der Waals surface area contributed by atoms with E-state index in [-0.39, 0.29) is 63.6 Å². The maximum Gasteiger partial charge on any atom is 0.140 e. The molecule has 0 bridgehead atoms. The fourth-order valence-corrected chi connectivity index (χ4v) is 4.48. The van der Waals surface area contributed by atoms with Crippen LogP contribution in [0.4, 0.5) is 0 Å². The number of carbonyl (C=O) groups excluding carboxylic acids is 1. The first-order chi connectivity index (χ1) is 19.6. The molecule has 0 radical (unpaired) electrons. The lowest BCUT2D eigenvalue weighted by atomic mass is 9.94. The van der Waals surface area contributed by atoms with Crippen LogP contribution in [-0.2, 0) is 4.79 Å². The van der Waals surface area contributed by atoms with Gasteiger partial charge in [0.1, 0.15) is 5.78 Å². The summed E-state index contributed by atoms with van der Waals surface area (Å²) in [5.74, 6) is -0.946. The molecular formula is C30H57NO11. The standard InChI is InChI=1S/C30H57NO11/c1-19(20(2)32)30(42)18-29(41)17-28(40)15-24(36)9-4-8-23(35)14-27(39)16-26(38)13-22(34)7-3-6-21(33)12-25(37)10-5-11-31/h3-4,7,9,19-29,32-41H,5-6,8,10-18,31H2,1-2H3. The summed E-state index contributed by atoms with van der Waals surface area (Å²) in [6.45, 7) is 3.51. The molecule has 0 aliphatic rings. The molecule has 0 saturated heterocycles. The van der Waals surface area contributed by atoms with Crippen molar-refractivity contribution in [3.05, 3.63) is 24.3 Å². The molecule has 0 aromatic carbocycles. The second-order valence-electron chi connectivity index (χ2n) is 11.6. The number of rotatable bonds is 25. The summed E-state index contributed by atoms with van der Waals surface area (Å²) in [5, 5.41) is 100.0. The number of Topliss-reactive ketones (excluding diaryl/α,β-unsaturated/α-hetero) is 1. The molecule has 11 unspecified atom stereocenters. The highest BCUT2D eigenvalue weighted by Crippen LogP contribution is 2.16. The number of carbonyl (C=O) groups is 1. The van der Waals surface area contributed by atoms with Crippen molar-refractivity contribution in [3.8, 4) is 0 Å². The van der Waals surface area contributed by atoms with Crippen LogP contribution in [-0.4, -0.2) is 124 Å². The summed E-state index contributed by atoms with van der Waals surface area (Å²) in [5.41, 5.74) is 5.39. The first-order valence-corrected chi connectivity index (χ1v) is 15.0. The molecular weight excluding hydrogens is 550 g/mol. The summed E-state index contributed by atoms with van der Waals surface area (Å²) in [4.78, 5) is 11.9. The van der Waals surface area contributed by atoms with Gasteiger partial charge in [0, 0.05) is 25.2 Å². The monoisotopic (exact) mass is 607 g/mol. The zero-order chi connectivity index (χ0) is 32.2. The van der Waals surface area contributed by atoms with Gasteiger partial charge in [-0.2, -0.15) is 0 Å². The van der Waals surface area contributed by atoms with Crippen molar-refractivity contribution in [2.45, 2.75) is 146 Å². The van der Waals surface area contributed by atoms with Gasteiger partial charge < -0.3 is 56.8 Å². The summed E-state index contributed by atoms with van der Waals surface area (Å²) >= 11 is 0. The molecule has 0 aliphatic carbocycles. The maximum atomic E-state index is 11.9. The van der Waals surface area contributed by atoms with Crippen LogP contribution >= 0.6 is 0 Å². The molecule has 0 heterocycles. The van der Waals surface area contributed by atoms with Gasteiger partial charge in [-0.3, -0.25) is 4.79 Å². The molecule has 0 rings (SSSR count). The third-order valence-electron chi connectivity index (χ3n) is 7.15. The smallest absolute Gasteiger partial charge is 0.140 e. The summed E-state index contributed by atoms with van der Waals surface area (Å²) in [6, 6.07) is 0. The molecule has 248 valence electrons. The van der Waals surface area contributed by atoms with Crippen molar-refractivity contribution in [1.29, 1.82) is 0 Å². The van der Waals surface area contributed by atoms with Crippen LogP contribution in [0.3, 0.4) is 0 Å². The Morgan fingerprint density at radius 2 is 1.00 bits per heavy atom. The first kappa shape index (κ1) is 40.7. The van der Waals surface area contributed by atoms with Crippen molar-refractivity contribution in [2.24, 2.45) is 11.7 Å². The average Bonchev–Trinajstić information content (AvgIpc) is 2.86. The van der Waals surface area contributed by atoms with Crippen LogP contribution in [0.1, 0.15) is 84.5 Å². The van der Waals surface area contributed by atoms with Gasteiger partial charge in [-0.15, -0.1) is 0 Å². The fourth-order valence-electron chi connectivity index (χ4n) is 4.48. The lowest BCUT2D eigenvalue weighted by Gasteiger charge is -2.20. The number of hydrogen-bond acceptors (Lipinski definition) is 12. The van der Waals surface area contributed by atoms with Crippen molar-refractivity contribution in [3.63, 3.8) is 0 Å². The maximum absolute atomic E-state index is 11.9. The second kappa shape index (κ2) is 23.1. The molecule has 12 nitrogen and oxygen atoms in total. The Kier molecular flexibility index (Phi) is 22.4. The van der Waals surface area contributed by atoms with E-state index in [0.29, 0.717) is 19.4 Å². The highest BCUT2D eigenvalue weighted by atomic mass is 16.3. The zero-order valence-electron chi connectivity index (χ0n) is 25.1. The van der Waals surface area contributed by atoms with Crippen LogP contribution in [0, 0.1) is 5.92 Å². The fraction of sp³-hybridized carbons (Fsp3) is 0.833. The number of ketones is 1. The molecule has 0 aromatic heterocycles. The van der Waals surface area contributed by atoms with Crippen LogP contribution in [0.15, 0.2) is 24.3 Å². The van der Waals surface area contributed by atoms with Gasteiger partial charge in [0.05, 0.1) is 61.0 Å². The van der Waals surface area contributed by atoms with Gasteiger partial charge in [-0.05, 0) is 64.8 Å². The molecule has 0 aliphatic heterocycles. The van der Waals surface area contributed by atoms with Crippen LogP contribution in [0.25, 0.3) is 0 Å². The molecule has 0 amide bonds. The minimum Gasteiger partial charge on any atom is -0.393 e. The van der Waals surface area contributed by atoms with E-state index in [2.05, 4.69) is 0 Å². The lowest BCUT2D eigenvalue weighted by molar-refractivity contribution is -0.127. The van der Waals surface area contributed by atoms with Gasteiger partial charge in [-0.25, -0.2) is 0 Å². The zero-order valence-corrected chi connectivity index (χ0v) is 25.1. The first-order valence-electron chi connectivity index (χ1n) is 15.0. The summed E-state index contributed by atoms with van der Waals surface area (Å²) < 4.78 is 0. The lowest BCUT2D eigenvalue weighted by Crippen LogP contribution is -2.29. The molecule has 12 N–H and O–H groups in total. The Labute approximate surface area is 249 Å². The van der Waals surface area contributed by atoms with Crippen molar-refractivity contribution >= 4 is 5.78 Å². The van der Waals surface area contributed by atoms with Crippen LogP contribution in [0.2, 0.25) is 0 Å². The number of nitrogens with two attached hydrogens (primary N) is 1. The van der Waals surface area contributed by atoms with Crippen LogP contribution in [0.5, 0.6) is 0 Å². The Hall–Kier alpha value is -1.29. The molecule has 0 fully saturated rings. The van der Waals surface area contributed by atoms with Gasteiger partial charge >= 0.3 is 0 Å². The molecule has 0 saturated carbocycles. The molecule has 11 atom stereocenters.